The van der Waals surface area contributed by atoms with E-state index in [1.807, 2.05) is 42.5 Å². The summed E-state index contributed by atoms with van der Waals surface area (Å²) in [6.45, 7) is 3.24. The Morgan fingerprint density at radius 1 is 1.06 bits per heavy atom. The van der Waals surface area contributed by atoms with Crippen molar-refractivity contribution in [1.29, 1.82) is 0 Å². The third-order valence-corrected chi connectivity index (χ3v) is 6.38. The summed E-state index contributed by atoms with van der Waals surface area (Å²) >= 11 is 12.5. The van der Waals surface area contributed by atoms with Crippen LogP contribution in [-0.4, -0.2) is 27.5 Å². The molecule has 4 aromatic rings. The summed E-state index contributed by atoms with van der Waals surface area (Å²) in [6, 6.07) is 18.0. The molecular formula is C26H22Cl2N2O4. The zero-order chi connectivity index (χ0) is 24.5. The van der Waals surface area contributed by atoms with Crippen molar-refractivity contribution in [3.05, 3.63) is 82.0 Å². The molecule has 34 heavy (non-hydrogen) atoms. The first-order valence-corrected chi connectivity index (χ1v) is 11.4. The SMILES string of the molecule is CCC(C)(NC(=O)c1cc(Cl)c2ccccc2c1OCc1ccc2cc(Cl)ccc2n1)C(=O)O. The average Bonchev–Trinajstić information content (AvgIpc) is 2.83. The van der Waals surface area contributed by atoms with Gasteiger partial charge in [-0.3, -0.25) is 4.79 Å². The van der Waals surface area contributed by atoms with E-state index >= 15 is 0 Å². The van der Waals surface area contributed by atoms with Crippen LogP contribution < -0.4 is 10.1 Å². The Morgan fingerprint density at radius 3 is 2.50 bits per heavy atom. The predicted octanol–water partition coefficient (Wildman–Crippen LogP) is 6.26. The van der Waals surface area contributed by atoms with Gasteiger partial charge in [0.25, 0.3) is 5.91 Å². The van der Waals surface area contributed by atoms with E-state index < -0.39 is 17.4 Å². The van der Waals surface area contributed by atoms with Crippen molar-refractivity contribution >= 4 is 56.8 Å². The molecule has 1 amide bonds. The van der Waals surface area contributed by atoms with Gasteiger partial charge in [-0.1, -0.05) is 60.5 Å². The van der Waals surface area contributed by atoms with Crippen molar-refractivity contribution in [2.24, 2.45) is 0 Å². The lowest BCUT2D eigenvalue weighted by Gasteiger charge is -2.25. The number of carboxylic acid groups (broad SMARTS) is 1. The normalized spacial score (nSPS) is 12.9. The van der Waals surface area contributed by atoms with Gasteiger partial charge in [0.2, 0.25) is 0 Å². The first kappa shape index (κ1) is 23.8. The van der Waals surface area contributed by atoms with Crippen LogP contribution >= 0.6 is 23.2 Å². The highest BCUT2D eigenvalue weighted by Gasteiger charge is 2.34. The number of amides is 1. The van der Waals surface area contributed by atoms with Crippen LogP contribution in [0, 0.1) is 0 Å². The summed E-state index contributed by atoms with van der Waals surface area (Å²) in [4.78, 5) is 29.6. The molecule has 6 nitrogen and oxygen atoms in total. The second-order valence-corrected chi connectivity index (χ2v) is 9.00. The number of benzene rings is 3. The number of carbonyl (C=O) groups is 2. The fraction of sp³-hybridized carbons (Fsp3) is 0.192. The lowest BCUT2D eigenvalue weighted by Crippen LogP contribution is -2.51. The number of rotatable bonds is 7. The molecule has 0 aliphatic carbocycles. The van der Waals surface area contributed by atoms with Crippen LogP contribution in [0.2, 0.25) is 10.0 Å². The minimum Gasteiger partial charge on any atom is -0.486 e. The number of carboxylic acids is 1. The molecule has 1 unspecified atom stereocenters. The van der Waals surface area contributed by atoms with Crippen molar-refractivity contribution in [1.82, 2.24) is 10.3 Å². The number of carbonyl (C=O) groups excluding carboxylic acids is 1. The van der Waals surface area contributed by atoms with Crippen LogP contribution in [-0.2, 0) is 11.4 Å². The molecule has 1 heterocycles. The molecule has 1 aromatic heterocycles. The van der Waals surface area contributed by atoms with E-state index in [0.717, 1.165) is 10.9 Å². The first-order chi connectivity index (χ1) is 16.2. The second-order valence-electron chi connectivity index (χ2n) is 8.15. The molecule has 3 aromatic carbocycles. The molecule has 0 aliphatic rings. The van der Waals surface area contributed by atoms with E-state index in [0.29, 0.717) is 32.3 Å². The Morgan fingerprint density at radius 2 is 1.79 bits per heavy atom. The van der Waals surface area contributed by atoms with Crippen molar-refractivity contribution in [3.63, 3.8) is 0 Å². The fourth-order valence-electron chi connectivity index (χ4n) is 3.60. The van der Waals surface area contributed by atoms with E-state index in [1.165, 1.54) is 13.0 Å². The highest BCUT2D eigenvalue weighted by molar-refractivity contribution is 6.36. The van der Waals surface area contributed by atoms with Crippen LogP contribution in [0.4, 0.5) is 0 Å². The Balaban J connectivity index is 1.73. The molecule has 2 N–H and O–H groups in total. The number of ether oxygens (including phenoxy) is 1. The van der Waals surface area contributed by atoms with E-state index in [9.17, 15) is 14.7 Å². The lowest BCUT2D eigenvalue weighted by atomic mass is 9.97. The maximum Gasteiger partial charge on any atom is 0.329 e. The van der Waals surface area contributed by atoms with Gasteiger partial charge >= 0.3 is 5.97 Å². The number of pyridine rings is 1. The molecule has 0 bridgehead atoms. The van der Waals surface area contributed by atoms with Gasteiger partial charge in [-0.15, -0.1) is 0 Å². The highest BCUT2D eigenvalue weighted by atomic mass is 35.5. The van der Waals surface area contributed by atoms with Gasteiger partial charge in [0.05, 0.1) is 16.8 Å². The maximum atomic E-state index is 13.2. The molecule has 8 heteroatoms. The lowest BCUT2D eigenvalue weighted by molar-refractivity contribution is -0.143. The summed E-state index contributed by atoms with van der Waals surface area (Å²) in [6.07, 6.45) is 0.205. The number of fused-ring (bicyclic) bond motifs is 2. The van der Waals surface area contributed by atoms with Crippen LogP contribution in [0.15, 0.2) is 60.7 Å². The van der Waals surface area contributed by atoms with Crippen molar-refractivity contribution < 1.29 is 19.4 Å². The fourth-order valence-corrected chi connectivity index (χ4v) is 4.06. The number of aliphatic carboxylic acids is 1. The molecule has 174 valence electrons. The molecule has 0 aliphatic heterocycles. The van der Waals surface area contributed by atoms with Crippen LogP contribution in [0.25, 0.3) is 21.7 Å². The van der Waals surface area contributed by atoms with Gasteiger partial charge in [0, 0.05) is 26.2 Å². The van der Waals surface area contributed by atoms with Gasteiger partial charge in [-0.25, -0.2) is 9.78 Å². The predicted molar refractivity (Wildman–Crippen MR) is 134 cm³/mol. The Bertz CT molecular complexity index is 1420. The Labute approximate surface area is 206 Å². The minimum atomic E-state index is -1.44. The molecule has 0 saturated heterocycles. The number of hydrogen-bond donors (Lipinski definition) is 2. The largest absolute Gasteiger partial charge is 0.486 e. The quantitative estimate of drug-likeness (QED) is 0.315. The molecule has 0 spiro atoms. The van der Waals surface area contributed by atoms with Gasteiger partial charge in [0.1, 0.15) is 17.9 Å². The average molecular weight is 497 g/mol. The number of hydrogen-bond acceptors (Lipinski definition) is 4. The molecular weight excluding hydrogens is 475 g/mol. The number of halogens is 2. The summed E-state index contributed by atoms with van der Waals surface area (Å²) in [5.74, 6) is -1.41. The van der Waals surface area contributed by atoms with E-state index in [1.54, 1.807) is 19.1 Å². The molecule has 4 rings (SSSR count). The zero-order valence-electron chi connectivity index (χ0n) is 18.6. The topological polar surface area (TPSA) is 88.5 Å². The number of aromatic nitrogens is 1. The third kappa shape index (κ3) is 4.65. The van der Waals surface area contributed by atoms with Crippen LogP contribution in [0.1, 0.15) is 36.3 Å². The summed E-state index contributed by atoms with van der Waals surface area (Å²) in [5.41, 5.74) is 0.138. The van der Waals surface area contributed by atoms with E-state index in [-0.39, 0.29) is 18.6 Å². The number of nitrogens with one attached hydrogen (secondary N) is 1. The monoisotopic (exact) mass is 496 g/mol. The van der Waals surface area contributed by atoms with Gasteiger partial charge in [0.15, 0.2) is 0 Å². The van der Waals surface area contributed by atoms with E-state index in [2.05, 4.69) is 10.3 Å². The summed E-state index contributed by atoms with van der Waals surface area (Å²) in [7, 11) is 0. The Hall–Kier alpha value is -3.35. The summed E-state index contributed by atoms with van der Waals surface area (Å²) in [5, 5.41) is 15.5. The van der Waals surface area contributed by atoms with Gasteiger partial charge in [-0.05, 0) is 43.7 Å². The molecule has 1 atom stereocenters. The second kappa shape index (κ2) is 9.49. The summed E-state index contributed by atoms with van der Waals surface area (Å²) < 4.78 is 6.14. The molecule has 0 radical (unpaired) electrons. The van der Waals surface area contributed by atoms with Crippen molar-refractivity contribution in [2.45, 2.75) is 32.4 Å². The van der Waals surface area contributed by atoms with Crippen molar-refractivity contribution in [3.8, 4) is 5.75 Å². The van der Waals surface area contributed by atoms with Gasteiger partial charge < -0.3 is 15.2 Å². The minimum absolute atomic E-state index is 0.0917. The Kier molecular flexibility index (Phi) is 6.64. The first-order valence-electron chi connectivity index (χ1n) is 10.7. The maximum absolute atomic E-state index is 13.2. The molecule has 0 fully saturated rings. The zero-order valence-corrected chi connectivity index (χ0v) is 20.1. The third-order valence-electron chi connectivity index (χ3n) is 5.83. The van der Waals surface area contributed by atoms with Crippen LogP contribution in [0.5, 0.6) is 5.75 Å². The van der Waals surface area contributed by atoms with Crippen LogP contribution in [0.3, 0.4) is 0 Å². The van der Waals surface area contributed by atoms with Crippen molar-refractivity contribution in [2.75, 3.05) is 0 Å². The van der Waals surface area contributed by atoms with E-state index in [4.69, 9.17) is 27.9 Å². The highest BCUT2D eigenvalue weighted by Crippen LogP contribution is 2.36. The van der Waals surface area contributed by atoms with Gasteiger partial charge in [-0.2, -0.15) is 0 Å². The standard InChI is InChI=1S/C26H22Cl2N2O4/c1-3-26(2,25(32)33)30-24(31)20-13-21(28)18-6-4-5-7-19(18)23(20)34-14-17-10-8-15-12-16(27)9-11-22(15)29-17/h4-13H,3,14H2,1-2H3,(H,30,31)(H,32,33). The number of nitrogens with zero attached hydrogens (tertiary/aromatic N) is 1. The smallest absolute Gasteiger partial charge is 0.329 e. The molecule has 0 saturated carbocycles.